The van der Waals surface area contributed by atoms with Gasteiger partial charge in [-0.05, 0) is 66.6 Å². The molecule has 0 radical (unpaired) electrons. The molecule has 3 rings (SSSR count). The minimum atomic E-state index is -0.162. The third-order valence-electron chi connectivity index (χ3n) is 4.04. The third-order valence-corrected chi connectivity index (χ3v) is 4.04. The van der Waals surface area contributed by atoms with Gasteiger partial charge < -0.3 is 5.32 Å². The second kappa shape index (κ2) is 5.37. The van der Waals surface area contributed by atoms with Crippen LogP contribution in [-0.4, -0.2) is 6.04 Å². The van der Waals surface area contributed by atoms with Gasteiger partial charge in [0, 0.05) is 12.6 Å². The molecule has 0 heterocycles. The van der Waals surface area contributed by atoms with Crippen LogP contribution in [0.3, 0.4) is 0 Å². The first-order valence-electron chi connectivity index (χ1n) is 7.23. The zero-order valence-corrected chi connectivity index (χ0v) is 12.0. The van der Waals surface area contributed by atoms with Crippen LogP contribution in [0.15, 0.2) is 36.4 Å². The number of halogens is 1. The van der Waals surface area contributed by atoms with Gasteiger partial charge in [-0.15, -0.1) is 0 Å². The number of rotatable bonds is 4. The van der Waals surface area contributed by atoms with E-state index in [-0.39, 0.29) is 5.82 Å². The van der Waals surface area contributed by atoms with Gasteiger partial charge in [-0.25, -0.2) is 4.39 Å². The van der Waals surface area contributed by atoms with Gasteiger partial charge in [0.25, 0.3) is 0 Å². The average Bonchev–Trinajstić information content (AvgIpc) is 3.24. The highest BCUT2D eigenvalue weighted by molar-refractivity contribution is 5.68. The molecule has 0 aliphatic heterocycles. The Labute approximate surface area is 119 Å². The Hall–Kier alpha value is -1.67. The summed E-state index contributed by atoms with van der Waals surface area (Å²) in [6.45, 7) is 4.97. The molecule has 1 fully saturated rings. The number of benzene rings is 2. The summed E-state index contributed by atoms with van der Waals surface area (Å²) >= 11 is 0. The van der Waals surface area contributed by atoms with E-state index in [1.165, 1.54) is 29.5 Å². The fraction of sp³-hybridized carbons (Fsp3) is 0.333. The zero-order chi connectivity index (χ0) is 14.1. The van der Waals surface area contributed by atoms with Crippen molar-refractivity contribution in [2.75, 3.05) is 0 Å². The maximum atomic E-state index is 13.5. The van der Waals surface area contributed by atoms with Gasteiger partial charge in [-0.1, -0.05) is 24.3 Å². The first kappa shape index (κ1) is 13.3. The highest BCUT2D eigenvalue weighted by Gasteiger charge is 2.20. The van der Waals surface area contributed by atoms with E-state index in [4.69, 9.17) is 0 Å². The molecule has 20 heavy (non-hydrogen) atoms. The molecular formula is C18H20FN. The quantitative estimate of drug-likeness (QED) is 0.869. The van der Waals surface area contributed by atoms with Gasteiger partial charge >= 0.3 is 0 Å². The largest absolute Gasteiger partial charge is 0.310 e. The molecule has 104 valence electrons. The van der Waals surface area contributed by atoms with Crippen molar-refractivity contribution in [1.82, 2.24) is 5.32 Å². The smallest absolute Gasteiger partial charge is 0.123 e. The Bertz CT molecular complexity index is 629. The lowest BCUT2D eigenvalue weighted by molar-refractivity contribution is 0.620. The highest BCUT2D eigenvalue weighted by Crippen LogP contribution is 2.27. The van der Waals surface area contributed by atoms with Crippen LogP contribution in [0.2, 0.25) is 0 Å². The molecule has 2 aromatic rings. The van der Waals surface area contributed by atoms with Crippen molar-refractivity contribution in [1.29, 1.82) is 0 Å². The van der Waals surface area contributed by atoms with Crippen molar-refractivity contribution in [3.05, 3.63) is 58.9 Å². The summed E-state index contributed by atoms with van der Waals surface area (Å²) in [6, 6.07) is 12.2. The monoisotopic (exact) mass is 269 g/mol. The Morgan fingerprint density at radius 1 is 1.05 bits per heavy atom. The van der Waals surface area contributed by atoms with E-state index in [1.54, 1.807) is 12.1 Å². The molecule has 1 aliphatic rings. The van der Waals surface area contributed by atoms with Crippen LogP contribution in [0, 0.1) is 19.7 Å². The topological polar surface area (TPSA) is 12.0 Å². The van der Waals surface area contributed by atoms with Gasteiger partial charge in [0.2, 0.25) is 0 Å². The molecule has 0 spiro atoms. The van der Waals surface area contributed by atoms with Crippen LogP contribution >= 0.6 is 0 Å². The van der Waals surface area contributed by atoms with Crippen molar-refractivity contribution >= 4 is 0 Å². The lowest BCUT2D eigenvalue weighted by Gasteiger charge is -2.12. The lowest BCUT2D eigenvalue weighted by Crippen LogP contribution is -2.16. The lowest BCUT2D eigenvalue weighted by atomic mass is 9.96. The fourth-order valence-corrected chi connectivity index (χ4v) is 2.44. The first-order chi connectivity index (χ1) is 9.63. The van der Waals surface area contributed by atoms with Crippen LogP contribution in [0.4, 0.5) is 4.39 Å². The van der Waals surface area contributed by atoms with Gasteiger partial charge in [-0.2, -0.15) is 0 Å². The molecule has 0 amide bonds. The van der Waals surface area contributed by atoms with Gasteiger partial charge in [0.1, 0.15) is 5.82 Å². The number of aryl methyl sites for hydroxylation is 2. The summed E-state index contributed by atoms with van der Waals surface area (Å²) < 4.78 is 13.5. The van der Waals surface area contributed by atoms with Crippen molar-refractivity contribution in [3.8, 4) is 11.1 Å². The molecule has 1 saturated carbocycles. The molecule has 0 unspecified atom stereocenters. The Kier molecular flexibility index (Phi) is 3.58. The predicted molar refractivity (Wildman–Crippen MR) is 81.2 cm³/mol. The standard InChI is InChI=1S/C18H20FN/c1-12-3-4-14(9-13(12)2)18-8-5-16(19)10-15(18)11-20-17-6-7-17/h3-5,8-10,17,20H,6-7,11H2,1-2H3. The van der Waals surface area contributed by atoms with Crippen molar-refractivity contribution in [2.45, 2.75) is 39.3 Å². The van der Waals surface area contributed by atoms with E-state index in [9.17, 15) is 4.39 Å². The van der Waals surface area contributed by atoms with Crippen LogP contribution < -0.4 is 5.32 Å². The summed E-state index contributed by atoms with van der Waals surface area (Å²) in [7, 11) is 0. The zero-order valence-electron chi connectivity index (χ0n) is 12.0. The molecular weight excluding hydrogens is 249 g/mol. The summed E-state index contributed by atoms with van der Waals surface area (Å²) in [4.78, 5) is 0. The van der Waals surface area contributed by atoms with E-state index in [0.29, 0.717) is 6.04 Å². The van der Waals surface area contributed by atoms with Crippen molar-refractivity contribution < 1.29 is 4.39 Å². The molecule has 0 saturated heterocycles. The Morgan fingerprint density at radius 3 is 2.55 bits per heavy atom. The highest BCUT2D eigenvalue weighted by atomic mass is 19.1. The number of hydrogen-bond donors (Lipinski definition) is 1. The molecule has 0 aromatic heterocycles. The molecule has 1 aliphatic carbocycles. The molecule has 1 nitrogen and oxygen atoms in total. The minimum Gasteiger partial charge on any atom is -0.310 e. The molecule has 1 N–H and O–H groups in total. The third kappa shape index (κ3) is 2.91. The van der Waals surface area contributed by atoms with Crippen molar-refractivity contribution in [3.63, 3.8) is 0 Å². The van der Waals surface area contributed by atoms with Crippen LogP contribution in [0.25, 0.3) is 11.1 Å². The van der Waals surface area contributed by atoms with E-state index in [1.807, 2.05) is 6.07 Å². The second-order valence-electron chi connectivity index (χ2n) is 5.76. The number of nitrogens with one attached hydrogen (secondary N) is 1. The molecule has 2 aromatic carbocycles. The summed E-state index contributed by atoms with van der Waals surface area (Å²) in [5.74, 6) is -0.162. The SMILES string of the molecule is Cc1ccc(-c2ccc(F)cc2CNC2CC2)cc1C. The molecule has 0 bridgehead atoms. The van der Waals surface area contributed by atoms with Gasteiger partial charge in [0.05, 0.1) is 0 Å². The summed E-state index contributed by atoms with van der Waals surface area (Å²) in [5.41, 5.74) is 5.89. The van der Waals surface area contributed by atoms with E-state index < -0.39 is 0 Å². The average molecular weight is 269 g/mol. The normalized spacial score (nSPS) is 14.6. The second-order valence-corrected chi connectivity index (χ2v) is 5.76. The van der Waals surface area contributed by atoms with E-state index in [2.05, 4.69) is 37.4 Å². The van der Waals surface area contributed by atoms with Crippen LogP contribution in [-0.2, 0) is 6.54 Å². The maximum Gasteiger partial charge on any atom is 0.123 e. The summed E-state index contributed by atoms with van der Waals surface area (Å²) in [6.07, 6.45) is 2.49. The van der Waals surface area contributed by atoms with E-state index >= 15 is 0 Å². The number of hydrogen-bond acceptors (Lipinski definition) is 1. The van der Waals surface area contributed by atoms with Crippen LogP contribution in [0.1, 0.15) is 29.5 Å². The van der Waals surface area contributed by atoms with E-state index in [0.717, 1.165) is 17.7 Å². The Balaban J connectivity index is 1.95. The Morgan fingerprint density at radius 2 is 1.85 bits per heavy atom. The fourth-order valence-electron chi connectivity index (χ4n) is 2.44. The van der Waals surface area contributed by atoms with Crippen molar-refractivity contribution in [2.24, 2.45) is 0 Å². The van der Waals surface area contributed by atoms with Crippen LogP contribution in [0.5, 0.6) is 0 Å². The predicted octanol–water partition coefficient (Wildman–Crippen LogP) is 4.36. The molecule has 2 heteroatoms. The molecule has 0 atom stereocenters. The first-order valence-corrected chi connectivity index (χ1v) is 7.23. The van der Waals surface area contributed by atoms with Gasteiger partial charge in [-0.3, -0.25) is 0 Å². The van der Waals surface area contributed by atoms with Gasteiger partial charge in [0.15, 0.2) is 0 Å². The maximum absolute atomic E-state index is 13.5. The minimum absolute atomic E-state index is 0.162. The summed E-state index contributed by atoms with van der Waals surface area (Å²) in [5, 5.41) is 3.47.